The fourth-order valence-electron chi connectivity index (χ4n) is 0.830. The van der Waals surface area contributed by atoms with Crippen LogP contribution in [0, 0.1) is 5.41 Å². The van der Waals surface area contributed by atoms with Gasteiger partial charge in [0.05, 0.1) is 0 Å². The van der Waals surface area contributed by atoms with Crippen molar-refractivity contribution in [1.82, 2.24) is 0 Å². The van der Waals surface area contributed by atoms with E-state index >= 15 is 0 Å². The Kier molecular flexibility index (Phi) is 2.03. The molecule has 0 fully saturated rings. The number of ether oxygens (including phenoxy) is 1. The van der Waals surface area contributed by atoms with Crippen LogP contribution in [0.15, 0.2) is 9.66 Å². The van der Waals surface area contributed by atoms with E-state index in [4.69, 9.17) is 10.1 Å². The zero-order valence-corrected chi connectivity index (χ0v) is 8.23. The minimum Gasteiger partial charge on any atom is -0.466 e. The first-order valence-corrected chi connectivity index (χ1v) is 4.31. The quantitative estimate of drug-likeness (QED) is 0.713. The van der Waals surface area contributed by atoms with Crippen molar-refractivity contribution >= 4 is 28.5 Å². The molecule has 0 saturated carbocycles. The molecule has 1 heterocycles. The lowest BCUT2D eigenvalue weighted by Crippen LogP contribution is -2.24. The molecular formula is C7H10INO. The van der Waals surface area contributed by atoms with Crippen molar-refractivity contribution in [3.63, 3.8) is 0 Å². The summed E-state index contributed by atoms with van der Waals surface area (Å²) in [5.74, 6) is 0.286. The second kappa shape index (κ2) is 2.53. The normalized spacial score (nSPS) is 31.9. The maximum absolute atomic E-state index is 7.23. The van der Waals surface area contributed by atoms with E-state index in [-0.39, 0.29) is 11.5 Å². The summed E-state index contributed by atoms with van der Waals surface area (Å²) in [5.41, 5.74) is -0.211. The predicted molar refractivity (Wildman–Crippen MR) is 49.6 cm³/mol. The summed E-state index contributed by atoms with van der Waals surface area (Å²) in [5, 5.41) is 7.23. The molecule has 1 atom stereocenters. The largest absolute Gasteiger partial charge is 0.466 e. The molecular weight excluding hydrogens is 241 g/mol. The third-order valence-corrected chi connectivity index (χ3v) is 3.23. The molecule has 1 aliphatic rings. The molecule has 0 aliphatic carbocycles. The van der Waals surface area contributed by atoms with Gasteiger partial charge in [-0.25, -0.2) is 0 Å². The Labute approximate surface area is 74.3 Å². The number of rotatable bonds is 1. The van der Waals surface area contributed by atoms with E-state index in [2.05, 4.69) is 29.5 Å². The van der Waals surface area contributed by atoms with Gasteiger partial charge in [0.2, 0.25) is 5.90 Å². The highest BCUT2D eigenvalue weighted by Gasteiger charge is 2.33. The highest BCUT2D eigenvalue weighted by Crippen LogP contribution is 2.35. The molecule has 0 aromatic heterocycles. The van der Waals surface area contributed by atoms with Gasteiger partial charge in [-0.1, -0.05) is 6.92 Å². The zero-order chi connectivity index (χ0) is 7.78. The van der Waals surface area contributed by atoms with Crippen LogP contribution in [-0.4, -0.2) is 11.5 Å². The Hall–Kier alpha value is -0.0600. The molecule has 0 aromatic rings. The van der Waals surface area contributed by atoms with Gasteiger partial charge >= 0.3 is 0 Å². The summed E-state index contributed by atoms with van der Waals surface area (Å²) in [6.45, 7) is 4.07. The molecule has 1 unspecified atom stereocenters. The summed E-state index contributed by atoms with van der Waals surface area (Å²) in [6.07, 6.45) is 2.69. The summed E-state index contributed by atoms with van der Waals surface area (Å²) in [6, 6.07) is 0. The highest BCUT2D eigenvalue weighted by molar-refractivity contribution is 14.1. The van der Waals surface area contributed by atoms with E-state index < -0.39 is 0 Å². The average Bonchev–Trinajstić information content (AvgIpc) is 2.09. The van der Waals surface area contributed by atoms with Gasteiger partial charge in [0.25, 0.3) is 0 Å². The molecule has 0 radical (unpaired) electrons. The maximum Gasteiger partial charge on any atom is 0.207 e. The smallest absolute Gasteiger partial charge is 0.207 e. The van der Waals surface area contributed by atoms with Crippen molar-refractivity contribution in [2.45, 2.75) is 25.9 Å². The van der Waals surface area contributed by atoms with Crippen LogP contribution in [0.4, 0.5) is 0 Å². The van der Waals surface area contributed by atoms with Crippen LogP contribution in [-0.2, 0) is 4.74 Å². The highest BCUT2D eigenvalue weighted by atomic mass is 127. The van der Waals surface area contributed by atoms with Gasteiger partial charge in [0.15, 0.2) is 0 Å². The van der Waals surface area contributed by atoms with Crippen LogP contribution < -0.4 is 0 Å². The fourth-order valence-corrected chi connectivity index (χ4v) is 1.60. The topological polar surface area (TPSA) is 33.1 Å². The molecule has 0 saturated heterocycles. The van der Waals surface area contributed by atoms with Crippen LogP contribution in [0.3, 0.4) is 0 Å². The monoisotopic (exact) mass is 251 g/mol. The minimum atomic E-state index is -0.211. The molecule has 3 heteroatoms. The maximum atomic E-state index is 7.23. The SMILES string of the molecule is CCC1(C)OC(=N)C=C1I. The Morgan fingerprint density at radius 1 is 1.80 bits per heavy atom. The number of hydrogen-bond donors (Lipinski definition) is 1. The van der Waals surface area contributed by atoms with Gasteiger partial charge < -0.3 is 4.74 Å². The van der Waals surface area contributed by atoms with E-state index in [1.54, 1.807) is 6.08 Å². The summed E-state index contributed by atoms with van der Waals surface area (Å²) < 4.78 is 6.42. The fraction of sp³-hybridized carbons (Fsp3) is 0.571. The molecule has 1 rings (SSSR count). The van der Waals surface area contributed by atoms with E-state index in [1.807, 2.05) is 6.92 Å². The van der Waals surface area contributed by atoms with Gasteiger partial charge in [-0.3, -0.25) is 5.41 Å². The Morgan fingerprint density at radius 3 is 2.60 bits per heavy atom. The predicted octanol–water partition coefficient (Wildman–Crippen LogP) is 2.48. The summed E-state index contributed by atoms with van der Waals surface area (Å²) in [4.78, 5) is 0. The third-order valence-electron chi connectivity index (χ3n) is 1.77. The lowest BCUT2D eigenvalue weighted by atomic mass is 10.1. The van der Waals surface area contributed by atoms with E-state index in [0.29, 0.717) is 0 Å². The zero-order valence-electron chi connectivity index (χ0n) is 6.07. The van der Waals surface area contributed by atoms with Crippen LogP contribution in [0.2, 0.25) is 0 Å². The minimum absolute atomic E-state index is 0.211. The molecule has 0 bridgehead atoms. The number of nitrogens with one attached hydrogen (secondary N) is 1. The second-order valence-corrected chi connectivity index (χ2v) is 3.71. The van der Waals surface area contributed by atoms with Crippen molar-refractivity contribution in [2.75, 3.05) is 0 Å². The molecule has 0 spiro atoms. The van der Waals surface area contributed by atoms with Gasteiger partial charge in [0.1, 0.15) is 5.60 Å². The molecule has 0 aromatic carbocycles. The second-order valence-electron chi connectivity index (χ2n) is 2.54. The third kappa shape index (κ3) is 1.19. The molecule has 2 nitrogen and oxygen atoms in total. The molecule has 10 heavy (non-hydrogen) atoms. The van der Waals surface area contributed by atoms with Gasteiger partial charge in [-0.2, -0.15) is 0 Å². The van der Waals surface area contributed by atoms with E-state index in [9.17, 15) is 0 Å². The standard InChI is InChI=1S/C7H10INO/c1-3-7(2)5(8)4-6(9)10-7/h4,9H,3H2,1-2H3. The van der Waals surface area contributed by atoms with Gasteiger partial charge in [0, 0.05) is 9.66 Å². The van der Waals surface area contributed by atoms with Crippen molar-refractivity contribution in [1.29, 1.82) is 5.41 Å². The summed E-state index contributed by atoms with van der Waals surface area (Å²) in [7, 11) is 0. The van der Waals surface area contributed by atoms with Crippen LogP contribution in [0.5, 0.6) is 0 Å². The van der Waals surface area contributed by atoms with Gasteiger partial charge in [-0.15, -0.1) is 0 Å². The van der Waals surface area contributed by atoms with Crippen LogP contribution in [0.25, 0.3) is 0 Å². The Bertz CT molecular complexity index is 200. The molecule has 56 valence electrons. The first kappa shape index (κ1) is 8.04. The van der Waals surface area contributed by atoms with E-state index in [0.717, 1.165) is 10.0 Å². The van der Waals surface area contributed by atoms with Crippen LogP contribution in [0.1, 0.15) is 20.3 Å². The Balaban J connectivity index is 2.86. The molecule has 0 amide bonds. The average molecular weight is 251 g/mol. The lowest BCUT2D eigenvalue weighted by Gasteiger charge is -2.22. The molecule has 1 aliphatic heterocycles. The Morgan fingerprint density at radius 2 is 2.40 bits per heavy atom. The first-order valence-electron chi connectivity index (χ1n) is 3.24. The van der Waals surface area contributed by atoms with Crippen molar-refractivity contribution < 1.29 is 4.74 Å². The van der Waals surface area contributed by atoms with Crippen molar-refractivity contribution in [2.24, 2.45) is 0 Å². The van der Waals surface area contributed by atoms with Crippen molar-refractivity contribution in [3.05, 3.63) is 9.66 Å². The number of hydrogen-bond acceptors (Lipinski definition) is 2. The molecule has 1 N–H and O–H groups in total. The van der Waals surface area contributed by atoms with E-state index in [1.165, 1.54) is 0 Å². The lowest BCUT2D eigenvalue weighted by molar-refractivity contribution is 0.132. The number of halogens is 1. The van der Waals surface area contributed by atoms with Gasteiger partial charge in [-0.05, 0) is 35.9 Å². The summed E-state index contributed by atoms with van der Waals surface area (Å²) >= 11 is 2.22. The van der Waals surface area contributed by atoms with Crippen LogP contribution >= 0.6 is 22.6 Å². The first-order chi connectivity index (χ1) is 4.58. The van der Waals surface area contributed by atoms with Crippen molar-refractivity contribution in [3.8, 4) is 0 Å².